The molecule has 68 valence electrons. The molecular weight excluding hydrogens is 197 g/mol. The van der Waals surface area contributed by atoms with Crippen LogP contribution in [0, 0.1) is 0 Å². The summed E-state index contributed by atoms with van der Waals surface area (Å²) in [4.78, 5) is 10.3. The minimum absolute atomic E-state index is 0.0308. The van der Waals surface area contributed by atoms with Gasteiger partial charge >= 0.3 is 0 Å². The van der Waals surface area contributed by atoms with E-state index in [0.717, 1.165) is 0 Å². The van der Waals surface area contributed by atoms with E-state index in [4.69, 9.17) is 28.9 Å². The normalized spacial score (nSPS) is 35.6. The highest BCUT2D eigenvalue weighted by Crippen LogP contribution is 2.34. The summed E-state index contributed by atoms with van der Waals surface area (Å²) < 4.78 is 0. The molecule has 4 heteroatoms. The van der Waals surface area contributed by atoms with Gasteiger partial charge in [0.2, 0.25) is 0 Å². The Labute approximate surface area is 81.7 Å². The first-order valence-electron chi connectivity index (χ1n) is 3.83. The third kappa shape index (κ3) is 2.00. The van der Waals surface area contributed by atoms with Crippen molar-refractivity contribution in [3.63, 3.8) is 0 Å². The molecule has 12 heavy (non-hydrogen) atoms. The summed E-state index contributed by atoms with van der Waals surface area (Å²) >= 11 is 12.1. The van der Waals surface area contributed by atoms with Gasteiger partial charge in [-0.05, 0) is 19.0 Å². The molecule has 1 aliphatic rings. The lowest BCUT2D eigenvalue weighted by atomic mass is 9.91. The summed E-state index contributed by atoms with van der Waals surface area (Å²) in [6.45, 7) is 0.477. The number of carbonyl (C=O) groups is 1. The number of rotatable bonds is 2. The number of alkyl halides is 2. The van der Waals surface area contributed by atoms with Gasteiger partial charge < -0.3 is 5.73 Å². The second kappa shape index (κ2) is 3.77. The van der Waals surface area contributed by atoms with Crippen LogP contribution in [0.25, 0.3) is 0 Å². The highest BCUT2D eigenvalue weighted by molar-refractivity contribution is 6.35. The summed E-state index contributed by atoms with van der Waals surface area (Å²) in [7, 11) is 0. The Balaban J connectivity index is 2.76. The fourth-order valence-corrected chi connectivity index (χ4v) is 1.79. The van der Waals surface area contributed by atoms with Crippen molar-refractivity contribution >= 4 is 29.0 Å². The maximum atomic E-state index is 10.9. The number of nitrogens with two attached hydrogens (primary N) is 1. The van der Waals surface area contributed by atoms with Gasteiger partial charge in [-0.2, -0.15) is 0 Å². The van der Waals surface area contributed by atoms with Crippen molar-refractivity contribution in [2.75, 3.05) is 6.54 Å². The van der Waals surface area contributed by atoms with E-state index in [0.29, 0.717) is 19.4 Å². The number of halogens is 2. The van der Waals surface area contributed by atoms with E-state index in [1.807, 2.05) is 0 Å². The van der Waals surface area contributed by atoms with Gasteiger partial charge in [0.25, 0.3) is 0 Å². The van der Waals surface area contributed by atoms with Crippen LogP contribution < -0.4 is 5.73 Å². The maximum absolute atomic E-state index is 10.9. The highest BCUT2D eigenvalue weighted by Gasteiger charge is 2.36. The van der Waals surface area contributed by atoms with Crippen LogP contribution in [0.2, 0.25) is 0 Å². The van der Waals surface area contributed by atoms with Gasteiger partial charge in [0.1, 0.15) is 0 Å². The van der Waals surface area contributed by atoms with Gasteiger partial charge in [-0.3, -0.25) is 4.79 Å². The third-order valence-electron chi connectivity index (χ3n) is 1.97. The Morgan fingerprint density at radius 3 is 2.92 bits per heavy atom. The number of ketones is 1. The van der Waals surface area contributed by atoms with Crippen LogP contribution in [0.15, 0.2) is 12.2 Å². The zero-order valence-electron chi connectivity index (χ0n) is 6.59. The van der Waals surface area contributed by atoms with E-state index in [1.165, 1.54) is 6.08 Å². The minimum Gasteiger partial charge on any atom is -0.330 e. The Morgan fingerprint density at radius 2 is 2.42 bits per heavy atom. The molecule has 2 N–H and O–H groups in total. The molecule has 0 aromatic carbocycles. The van der Waals surface area contributed by atoms with Crippen LogP contribution in [-0.2, 0) is 4.79 Å². The predicted octanol–water partition coefficient (Wildman–Crippen LogP) is 1.45. The van der Waals surface area contributed by atoms with Crippen LogP contribution in [0.4, 0.5) is 0 Å². The number of carbonyl (C=O) groups excluding carboxylic acids is 1. The van der Waals surface area contributed by atoms with Crippen molar-refractivity contribution in [2.45, 2.75) is 23.1 Å². The van der Waals surface area contributed by atoms with Crippen LogP contribution >= 0.6 is 23.2 Å². The summed E-state index contributed by atoms with van der Waals surface area (Å²) in [6, 6.07) is 0. The predicted molar refractivity (Wildman–Crippen MR) is 50.7 cm³/mol. The summed E-state index contributed by atoms with van der Waals surface area (Å²) in [6.07, 6.45) is 4.06. The second-order valence-corrected chi connectivity index (χ2v) is 4.17. The third-order valence-corrected chi connectivity index (χ3v) is 3.21. The molecule has 0 saturated carbocycles. The smallest absolute Gasteiger partial charge is 0.156 e. The lowest BCUT2D eigenvalue weighted by molar-refractivity contribution is -0.115. The average Bonchev–Trinajstić information content (AvgIpc) is 1.99. The number of hydrogen-bond donors (Lipinski definition) is 1. The average molecular weight is 208 g/mol. The number of allylic oxidation sites excluding steroid dienone is 2. The molecule has 2 nitrogen and oxygen atoms in total. The van der Waals surface area contributed by atoms with Gasteiger partial charge in [0.15, 0.2) is 5.78 Å². The van der Waals surface area contributed by atoms with E-state index in [-0.39, 0.29) is 11.2 Å². The molecule has 0 aromatic heterocycles. The van der Waals surface area contributed by atoms with Gasteiger partial charge in [-0.25, -0.2) is 0 Å². The molecule has 0 amide bonds. The molecule has 0 spiro atoms. The maximum Gasteiger partial charge on any atom is 0.156 e. The first-order valence-corrected chi connectivity index (χ1v) is 4.65. The van der Waals surface area contributed by atoms with Crippen LogP contribution in [-0.4, -0.2) is 22.6 Å². The standard InChI is InChI=1S/C8H11Cl2NO/c9-7-5-6(12)1-2-8(7,10)3-4-11/h1-2,7H,3-5,11H2. The fraction of sp³-hybridized carbons (Fsp3) is 0.625. The van der Waals surface area contributed by atoms with E-state index in [1.54, 1.807) is 6.08 Å². The van der Waals surface area contributed by atoms with Gasteiger partial charge in [-0.15, -0.1) is 23.2 Å². The molecular formula is C8H11Cl2NO. The summed E-state index contributed by atoms with van der Waals surface area (Å²) in [5, 5.41) is -0.333. The van der Waals surface area contributed by atoms with Crippen molar-refractivity contribution in [1.82, 2.24) is 0 Å². The molecule has 0 heterocycles. The van der Waals surface area contributed by atoms with Crippen LogP contribution in [0.5, 0.6) is 0 Å². The monoisotopic (exact) mass is 207 g/mol. The zero-order valence-corrected chi connectivity index (χ0v) is 8.11. The Bertz CT molecular complexity index is 217. The van der Waals surface area contributed by atoms with Crippen molar-refractivity contribution in [2.24, 2.45) is 5.73 Å². The van der Waals surface area contributed by atoms with Crippen LogP contribution in [0.1, 0.15) is 12.8 Å². The topological polar surface area (TPSA) is 43.1 Å². The minimum atomic E-state index is -0.621. The van der Waals surface area contributed by atoms with Crippen molar-refractivity contribution in [3.8, 4) is 0 Å². The molecule has 0 aliphatic heterocycles. The van der Waals surface area contributed by atoms with E-state index in [9.17, 15) is 4.79 Å². The van der Waals surface area contributed by atoms with Crippen molar-refractivity contribution < 1.29 is 4.79 Å². The largest absolute Gasteiger partial charge is 0.330 e. The Kier molecular flexibility index (Phi) is 3.16. The molecule has 2 atom stereocenters. The van der Waals surface area contributed by atoms with E-state index >= 15 is 0 Å². The van der Waals surface area contributed by atoms with Crippen LogP contribution in [0.3, 0.4) is 0 Å². The molecule has 0 fully saturated rings. The first-order chi connectivity index (χ1) is 5.58. The van der Waals surface area contributed by atoms with E-state index in [2.05, 4.69) is 0 Å². The van der Waals surface area contributed by atoms with Crippen molar-refractivity contribution in [1.29, 1.82) is 0 Å². The zero-order chi connectivity index (χ0) is 9.19. The lowest BCUT2D eigenvalue weighted by Crippen LogP contribution is -2.37. The van der Waals surface area contributed by atoms with Gasteiger partial charge in [0, 0.05) is 6.42 Å². The molecule has 1 aliphatic carbocycles. The molecule has 0 bridgehead atoms. The van der Waals surface area contributed by atoms with Gasteiger partial charge in [-0.1, -0.05) is 6.08 Å². The SMILES string of the molecule is NCCC1(Cl)C=CC(=O)CC1Cl. The Morgan fingerprint density at radius 1 is 1.75 bits per heavy atom. The van der Waals surface area contributed by atoms with Crippen molar-refractivity contribution in [3.05, 3.63) is 12.2 Å². The molecule has 0 saturated heterocycles. The highest BCUT2D eigenvalue weighted by atomic mass is 35.5. The lowest BCUT2D eigenvalue weighted by Gasteiger charge is -2.30. The Hall–Kier alpha value is -0.0500. The molecule has 2 unspecified atom stereocenters. The quantitative estimate of drug-likeness (QED) is 0.698. The fourth-order valence-electron chi connectivity index (χ4n) is 1.21. The summed E-state index contributed by atoms with van der Waals surface area (Å²) in [5.41, 5.74) is 5.38. The molecule has 0 aromatic rings. The second-order valence-electron chi connectivity index (χ2n) is 2.94. The molecule has 1 rings (SSSR count). The van der Waals surface area contributed by atoms with Gasteiger partial charge in [0.05, 0.1) is 10.3 Å². The summed E-state index contributed by atoms with van der Waals surface area (Å²) in [5.74, 6) is 0.0308. The first kappa shape index (κ1) is 10.0. The van der Waals surface area contributed by atoms with E-state index < -0.39 is 4.87 Å². The molecule has 0 radical (unpaired) electrons. The number of hydrogen-bond acceptors (Lipinski definition) is 2.